The van der Waals surface area contributed by atoms with E-state index in [1.165, 1.54) is 13.0 Å². The van der Waals surface area contributed by atoms with Gasteiger partial charge in [0.2, 0.25) is 0 Å². The first-order valence-corrected chi connectivity index (χ1v) is 5.35. The van der Waals surface area contributed by atoms with Crippen LogP contribution < -0.4 is 0 Å². The van der Waals surface area contributed by atoms with Crippen molar-refractivity contribution in [3.8, 4) is 0 Å². The zero-order chi connectivity index (χ0) is 13.1. The lowest BCUT2D eigenvalue weighted by atomic mass is 10.1. The number of azide groups is 1. The summed E-state index contributed by atoms with van der Waals surface area (Å²) in [6.07, 6.45) is 0.414. The van der Waals surface area contributed by atoms with E-state index in [4.69, 9.17) is 9.95 Å². The first kappa shape index (κ1) is 12.1. The highest BCUT2D eigenvalue weighted by Crippen LogP contribution is 2.25. The highest BCUT2D eigenvalue weighted by atomic mass is 19.1. The molecule has 0 N–H and O–H groups in total. The van der Waals surface area contributed by atoms with Gasteiger partial charge in [0.15, 0.2) is 5.78 Å². The molecule has 0 fully saturated rings. The molecule has 92 valence electrons. The molecular formula is C12H10FN3O2. The predicted octanol–water partition coefficient (Wildman–Crippen LogP) is 3.63. The minimum absolute atomic E-state index is 0.222. The molecule has 0 aliphatic heterocycles. The predicted molar refractivity (Wildman–Crippen MR) is 63.9 cm³/mol. The standard InChI is InChI=1S/C12H10FN3O2/c1-7(17)11-6-9(13)4-8-5-10(18-12(8)11)2-3-15-16-14/h4-6H,2-3H2,1H3. The van der Waals surface area contributed by atoms with Crippen molar-refractivity contribution in [2.45, 2.75) is 13.3 Å². The Hall–Kier alpha value is -2.33. The number of benzene rings is 1. The Morgan fingerprint density at radius 3 is 2.94 bits per heavy atom. The van der Waals surface area contributed by atoms with Gasteiger partial charge in [-0.1, -0.05) is 5.11 Å². The van der Waals surface area contributed by atoms with Gasteiger partial charge < -0.3 is 4.42 Å². The van der Waals surface area contributed by atoms with Gasteiger partial charge in [0.05, 0.1) is 5.56 Å². The molecule has 0 unspecified atom stereocenters. The molecule has 2 aromatic rings. The van der Waals surface area contributed by atoms with E-state index in [-0.39, 0.29) is 17.9 Å². The molecule has 0 aliphatic carbocycles. The van der Waals surface area contributed by atoms with Crippen molar-refractivity contribution in [2.75, 3.05) is 6.54 Å². The topological polar surface area (TPSA) is 79.0 Å². The minimum atomic E-state index is -0.477. The maximum Gasteiger partial charge on any atom is 0.163 e. The van der Waals surface area contributed by atoms with Crippen LogP contribution in [0.2, 0.25) is 0 Å². The van der Waals surface area contributed by atoms with E-state index in [2.05, 4.69) is 10.0 Å². The number of rotatable bonds is 4. The molecule has 0 bridgehead atoms. The maximum absolute atomic E-state index is 13.3. The molecule has 0 saturated carbocycles. The highest BCUT2D eigenvalue weighted by Gasteiger charge is 2.13. The molecule has 0 spiro atoms. The van der Waals surface area contributed by atoms with E-state index in [9.17, 15) is 9.18 Å². The summed E-state index contributed by atoms with van der Waals surface area (Å²) in [7, 11) is 0. The Morgan fingerprint density at radius 1 is 1.50 bits per heavy atom. The van der Waals surface area contributed by atoms with Gasteiger partial charge in [0, 0.05) is 23.3 Å². The van der Waals surface area contributed by atoms with Gasteiger partial charge in [0.1, 0.15) is 17.2 Å². The van der Waals surface area contributed by atoms with E-state index >= 15 is 0 Å². The van der Waals surface area contributed by atoms with Crippen LogP contribution in [-0.4, -0.2) is 12.3 Å². The molecule has 1 aromatic heterocycles. The van der Waals surface area contributed by atoms with Crippen molar-refractivity contribution >= 4 is 16.8 Å². The van der Waals surface area contributed by atoms with E-state index in [0.717, 1.165) is 6.07 Å². The third-order valence-electron chi connectivity index (χ3n) is 2.53. The number of hydrogen-bond acceptors (Lipinski definition) is 3. The van der Waals surface area contributed by atoms with Crippen molar-refractivity contribution in [3.63, 3.8) is 0 Å². The smallest absolute Gasteiger partial charge is 0.163 e. The van der Waals surface area contributed by atoms with Crippen LogP contribution >= 0.6 is 0 Å². The van der Waals surface area contributed by atoms with Crippen LogP contribution in [0.3, 0.4) is 0 Å². The average molecular weight is 247 g/mol. The molecule has 0 aliphatic rings. The molecule has 18 heavy (non-hydrogen) atoms. The second kappa shape index (κ2) is 4.89. The lowest BCUT2D eigenvalue weighted by molar-refractivity contribution is 0.101. The van der Waals surface area contributed by atoms with E-state index < -0.39 is 5.82 Å². The van der Waals surface area contributed by atoms with Crippen LogP contribution in [-0.2, 0) is 6.42 Å². The fraction of sp³-hybridized carbons (Fsp3) is 0.250. The van der Waals surface area contributed by atoms with Gasteiger partial charge in [0.25, 0.3) is 0 Å². The zero-order valence-corrected chi connectivity index (χ0v) is 9.68. The minimum Gasteiger partial charge on any atom is -0.460 e. The van der Waals surface area contributed by atoms with Gasteiger partial charge in [-0.05, 0) is 30.7 Å². The summed E-state index contributed by atoms with van der Waals surface area (Å²) in [5.41, 5.74) is 8.77. The van der Waals surface area contributed by atoms with E-state index in [0.29, 0.717) is 23.2 Å². The SMILES string of the molecule is CC(=O)c1cc(F)cc2cc(CCN=[N+]=[N-])oc12. The average Bonchev–Trinajstić information content (AvgIpc) is 2.70. The third-order valence-corrected chi connectivity index (χ3v) is 2.53. The summed E-state index contributed by atoms with van der Waals surface area (Å²) in [5, 5.41) is 3.93. The molecule has 0 radical (unpaired) electrons. The van der Waals surface area contributed by atoms with Crippen LogP contribution in [0.25, 0.3) is 21.4 Å². The molecule has 5 nitrogen and oxygen atoms in total. The van der Waals surface area contributed by atoms with Crippen molar-refractivity contribution in [2.24, 2.45) is 5.11 Å². The van der Waals surface area contributed by atoms with Crippen molar-refractivity contribution in [3.05, 3.63) is 45.8 Å². The van der Waals surface area contributed by atoms with Gasteiger partial charge in [-0.25, -0.2) is 4.39 Å². The van der Waals surface area contributed by atoms with Crippen LogP contribution in [0.1, 0.15) is 23.0 Å². The number of Topliss-reactive ketones (excluding diaryl/α,β-unsaturated/α-hetero) is 1. The number of hydrogen-bond donors (Lipinski definition) is 0. The van der Waals surface area contributed by atoms with E-state index in [1.54, 1.807) is 6.07 Å². The van der Waals surface area contributed by atoms with Crippen molar-refractivity contribution in [1.82, 2.24) is 0 Å². The van der Waals surface area contributed by atoms with Gasteiger partial charge >= 0.3 is 0 Å². The van der Waals surface area contributed by atoms with Gasteiger partial charge in [-0.15, -0.1) is 0 Å². The molecule has 0 amide bonds. The van der Waals surface area contributed by atoms with Gasteiger partial charge in [-0.2, -0.15) is 0 Å². The maximum atomic E-state index is 13.3. The number of halogens is 1. The summed E-state index contributed by atoms with van der Waals surface area (Å²) in [5.74, 6) is -0.170. The molecule has 1 aromatic carbocycles. The fourth-order valence-corrected chi connectivity index (χ4v) is 1.76. The third kappa shape index (κ3) is 2.33. The second-order valence-corrected chi connectivity index (χ2v) is 3.85. The Balaban J connectivity index is 2.46. The van der Waals surface area contributed by atoms with E-state index in [1.807, 2.05) is 0 Å². The fourth-order valence-electron chi connectivity index (χ4n) is 1.76. The number of carbonyl (C=O) groups excluding carboxylic acids is 1. The Labute approximate surface area is 102 Å². The molecule has 0 atom stereocenters. The quantitative estimate of drug-likeness (QED) is 0.358. The number of furan rings is 1. The Morgan fingerprint density at radius 2 is 2.28 bits per heavy atom. The normalized spacial score (nSPS) is 10.3. The summed E-state index contributed by atoms with van der Waals surface area (Å²) >= 11 is 0. The Bertz CT molecular complexity index is 657. The lowest BCUT2D eigenvalue weighted by Crippen LogP contribution is -1.93. The number of carbonyl (C=O) groups is 1. The van der Waals surface area contributed by atoms with Crippen molar-refractivity contribution < 1.29 is 13.6 Å². The Kier molecular flexibility index (Phi) is 3.30. The molecule has 6 heteroatoms. The van der Waals surface area contributed by atoms with Crippen molar-refractivity contribution in [1.29, 1.82) is 0 Å². The molecule has 0 saturated heterocycles. The monoisotopic (exact) mass is 247 g/mol. The van der Waals surface area contributed by atoms with Crippen LogP contribution in [0.15, 0.2) is 27.7 Å². The number of ketones is 1. The second-order valence-electron chi connectivity index (χ2n) is 3.85. The van der Waals surface area contributed by atoms with Crippen LogP contribution in [0, 0.1) is 5.82 Å². The highest BCUT2D eigenvalue weighted by molar-refractivity contribution is 6.05. The lowest BCUT2D eigenvalue weighted by Gasteiger charge is -1.97. The number of fused-ring (bicyclic) bond motifs is 1. The molecule has 1 heterocycles. The van der Waals surface area contributed by atoms with Crippen LogP contribution in [0.5, 0.6) is 0 Å². The summed E-state index contributed by atoms with van der Waals surface area (Å²) in [6, 6.07) is 4.12. The summed E-state index contributed by atoms with van der Waals surface area (Å²) in [6.45, 7) is 1.62. The molecular weight excluding hydrogens is 237 g/mol. The number of nitrogens with zero attached hydrogens (tertiary/aromatic N) is 3. The first-order valence-electron chi connectivity index (χ1n) is 5.35. The van der Waals surface area contributed by atoms with Crippen LogP contribution in [0.4, 0.5) is 4.39 Å². The summed E-state index contributed by atoms with van der Waals surface area (Å²) in [4.78, 5) is 14.0. The summed E-state index contributed by atoms with van der Waals surface area (Å²) < 4.78 is 18.8. The van der Waals surface area contributed by atoms with Gasteiger partial charge in [-0.3, -0.25) is 4.79 Å². The largest absolute Gasteiger partial charge is 0.460 e. The molecule has 2 rings (SSSR count). The zero-order valence-electron chi connectivity index (χ0n) is 9.68. The first-order chi connectivity index (χ1) is 8.61.